The molecule has 0 aromatic rings. The summed E-state index contributed by atoms with van der Waals surface area (Å²) in [6.07, 6.45) is 0. The molecule has 1 aliphatic heterocycles. The molecule has 1 aliphatic rings. The van der Waals surface area contributed by atoms with E-state index in [0.717, 1.165) is 32.8 Å². The molecule has 0 radical (unpaired) electrons. The van der Waals surface area contributed by atoms with Gasteiger partial charge in [0.05, 0.1) is 18.0 Å². The van der Waals surface area contributed by atoms with Crippen LogP contribution in [0.25, 0.3) is 0 Å². The van der Waals surface area contributed by atoms with Gasteiger partial charge in [-0.05, 0) is 6.92 Å². The molecule has 1 rings (SSSR count). The van der Waals surface area contributed by atoms with Gasteiger partial charge in [-0.1, -0.05) is 15.9 Å². The number of nitrogens with zero attached hydrogens (tertiary/aromatic N) is 1. The molecule has 0 saturated carbocycles. The smallest absolute Gasteiger partial charge is 0.144 e. The minimum atomic E-state index is -0.0180. The highest BCUT2D eigenvalue weighted by Crippen LogP contribution is 2.06. The van der Waals surface area contributed by atoms with Gasteiger partial charge in [0.2, 0.25) is 0 Å². The topological polar surface area (TPSA) is 29.5 Å². The van der Waals surface area contributed by atoms with Gasteiger partial charge >= 0.3 is 0 Å². The minimum absolute atomic E-state index is 0.0180. The first-order valence-corrected chi connectivity index (χ1v) is 5.06. The Morgan fingerprint density at radius 2 is 2.17 bits per heavy atom. The standard InChI is InChI=1S/C8H14BrNO2/c1-7(11)8(9)6-10-2-4-12-5-3-10/h8H,2-6H2,1H3. The van der Waals surface area contributed by atoms with Crippen molar-refractivity contribution in [3.63, 3.8) is 0 Å². The van der Waals surface area contributed by atoms with Crippen molar-refractivity contribution in [2.24, 2.45) is 0 Å². The van der Waals surface area contributed by atoms with Crippen LogP contribution in [0.15, 0.2) is 0 Å². The van der Waals surface area contributed by atoms with Crippen molar-refractivity contribution in [1.29, 1.82) is 0 Å². The maximum absolute atomic E-state index is 10.9. The summed E-state index contributed by atoms with van der Waals surface area (Å²) >= 11 is 3.35. The molecule has 0 aromatic carbocycles. The molecule has 4 heteroatoms. The molecule has 3 nitrogen and oxygen atoms in total. The summed E-state index contributed by atoms with van der Waals surface area (Å²) in [7, 11) is 0. The SMILES string of the molecule is CC(=O)C(Br)CN1CCOCC1. The summed E-state index contributed by atoms with van der Waals surface area (Å²) in [6, 6.07) is 0. The molecule has 1 fully saturated rings. The highest BCUT2D eigenvalue weighted by Gasteiger charge is 2.16. The number of ether oxygens (including phenoxy) is 1. The Morgan fingerprint density at radius 1 is 1.58 bits per heavy atom. The summed E-state index contributed by atoms with van der Waals surface area (Å²) in [5.74, 6) is 0.196. The van der Waals surface area contributed by atoms with Gasteiger partial charge in [0, 0.05) is 19.6 Å². The zero-order chi connectivity index (χ0) is 8.97. The second-order valence-corrected chi connectivity index (χ2v) is 4.10. The van der Waals surface area contributed by atoms with Crippen molar-refractivity contribution in [2.75, 3.05) is 32.8 Å². The molecule has 1 saturated heterocycles. The van der Waals surface area contributed by atoms with E-state index in [9.17, 15) is 4.79 Å². The van der Waals surface area contributed by atoms with Gasteiger partial charge in [-0.2, -0.15) is 0 Å². The van der Waals surface area contributed by atoms with E-state index < -0.39 is 0 Å². The van der Waals surface area contributed by atoms with E-state index >= 15 is 0 Å². The van der Waals surface area contributed by atoms with E-state index in [1.54, 1.807) is 6.92 Å². The number of alkyl halides is 1. The van der Waals surface area contributed by atoms with Crippen molar-refractivity contribution in [2.45, 2.75) is 11.8 Å². The van der Waals surface area contributed by atoms with Crippen LogP contribution in [0.3, 0.4) is 0 Å². The van der Waals surface area contributed by atoms with Crippen molar-refractivity contribution in [1.82, 2.24) is 4.90 Å². The molecule has 0 amide bonds. The Balaban J connectivity index is 2.24. The average Bonchev–Trinajstić information content (AvgIpc) is 2.06. The molecule has 12 heavy (non-hydrogen) atoms. The molecule has 70 valence electrons. The van der Waals surface area contributed by atoms with Crippen LogP contribution < -0.4 is 0 Å². The maximum Gasteiger partial charge on any atom is 0.144 e. The Labute approximate surface area is 81.2 Å². The second-order valence-electron chi connectivity index (χ2n) is 2.99. The number of carbonyl (C=O) groups excluding carboxylic acids is 1. The first-order valence-electron chi connectivity index (χ1n) is 4.15. The summed E-state index contributed by atoms with van der Waals surface area (Å²) in [6.45, 7) is 5.87. The second kappa shape index (κ2) is 4.94. The molecule has 1 heterocycles. The van der Waals surface area contributed by atoms with Gasteiger partial charge in [0.1, 0.15) is 5.78 Å². The van der Waals surface area contributed by atoms with Gasteiger partial charge < -0.3 is 4.74 Å². The lowest BCUT2D eigenvalue weighted by Crippen LogP contribution is -2.41. The molecule has 0 bridgehead atoms. The zero-order valence-electron chi connectivity index (χ0n) is 7.25. The van der Waals surface area contributed by atoms with Crippen LogP contribution in [-0.4, -0.2) is 48.4 Å². The van der Waals surface area contributed by atoms with Crippen LogP contribution in [0.1, 0.15) is 6.92 Å². The van der Waals surface area contributed by atoms with Crippen LogP contribution >= 0.6 is 15.9 Å². The third-order valence-corrected chi connectivity index (χ3v) is 2.90. The van der Waals surface area contributed by atoms with Crippen LogP contribution in [0, 0.1) is 0 Å². The van der Waals surface area contributed by atoms with Crippen LogP contribution in [0.2, 0.25) is 0 Å². The Bertz CT molecular complexity index is 157. The van der Waals surface area contributed by atoms with Crippen molar-refractivity contribution >= 4 is 21.7 Å². The number of morpholine rings is 1. The number of rotatable bonds is 3. The lowest BCUT2D eigenvalue weighted by molar-refractivity contribution is -0.116. The number of Topliss-reactive ketones (excluding diaryl/α,β-unsaturated/α-hetero) is 1. The van der Waals surface area contributed by atoms with Crippen LogP contribution in [-0.2, 0) is 9.53 Å². The summed E-state index contributed by atoms with van der Waals surface area (Å²) in [5.41, 5.74) is 0. The lowest BCUT2D eigenvalue weighted by Gasteiger charge is -2.27. The van der Waals surface area contributed by atoms with E-state index in [-0.39, 0.29) is 10.6 Å². The zero-order valence-corrected chi connectivity index (χ0v) is 8.84. The Kier molecular flexibility index (Phi) is 4.18. The number of carbonyl (C=O) groups is 1. The quantitative estimate of drug-likeness (QED) is 0.674. The third kappa shape index (κ3) is 3.21. The number of ketones is 1. The van der Waals surface area contributed by atoms with Gasteiger partial charge in [0.25, 0.3) is 0 Å². The first kappa shape index (κ1) is 10.2. The number of hydrogen-bond donors (Lipinski definition) is 0. The molecule has 0 aliphatic carbocycles. The van der Waals surface area contributed by atoms with E-state index in [1.807, 2.05) is 0 Å². The highest BCUT2D eigenvalue weighted by molar-refractivity contribution is 9.10. The largest absolute Gasteiger partial charge is 0.379 e. The fourth-order valence-corrected chi connectivity index (χ4v) is 1.55. The molecule has 0 spiro atoms. The van der Waals surface area contributed by atoms with Crippen molar-refractivity contribution in [3.8, 4) is 0 Å². The van der Waals surface area contributed by atoms with Gasteiger partial charge in [-0.25, -0.2) is 0 Å². The van der Waals surface area contributed by atoms with Gasteiger partial charge in [0.15, 0.2) is 0 Å². The minimum Gasteiger partial charge on any atom is -0.379 e. The number of halogens is 1. The van der Waals surface area contributed by atoms with E-state index in [1.165, 1.54) is 0 Å². The summed E-state index contributed by atoms with van der Waals surface area (Å²) in [5, 5.41) is 0. The average molecular weight is 236 g/mol. The fourth-order valence-electron chi connectivity index (χ4n) is 1.14. The first-order chi connectivity index (χ1) is 5.70. The van der Waals surface area contributed by atoms with Crippen LogP contribution in [0.4, 0.5) is 0 Å². The molecular formula is C8H14BrNO2. The van der Waals surface area contributed by atoms with Gasteiger partial charge in [-0.15, -0.1) is 0 Å². The molecule has 0 aromatic heterocycles. The van der Waals surface area contributed by atoms with Gasteiger partial charge in [-0.3, -0.25) is 9.69 Å². The molecule has 0 N–H and O–H groups in total. The van der Waals surface area contributed by atoms with E-state index in [2.05, 4.69) is 20.8 Å². The van der Waals surface area contributed by atoms with Crippen molar-refractivity contribution in [3.05, 3.63) is 0 Å². The third-order valence-electron chi connectivity index (χ3n) is 1.96. The maximum atomic E-state index is 10.9. The molecule has 1 atom stereocenters. The fraction of sp³-hybridized carbons (Fsp3) is 0.875. The Hall–Kier alpha value is 0.0700. The van der Waals surface area contributed by atoms with Crippen molar-refractivity contribution < 1.29 is 9.53 Å². The summed E-state index contributed by atoms with van der Waals surface area (Å²) < 4.78 is 5.20. The molecular weight excluding hydrogens is 222 g/mol. The number of hydrogen-bond acceptors (Lipinski definition) is 3. The van der Waals surface area contributed by atoms with E-state index in [0.29, 0.717) is 0 Å². The Morgan fingerprint density at radius 3 is 2.67 bits per heavy atom. The molecule has 1 unspecified atom stereocenters. The predicted octanol–water partition coefficient (Wildman–Crippen LogP) is 0.671. The van der Waals surface area contributed by atoms with Crippen LogP contribution in [0.5, 0.6) is 0 Å². The monoisotopic (exact) mass is 235 g/mol. The normalized spacial score (nSPS) is 22.2. The van der Waals surface area contributed by atoms with E-state index in [4.69, 9.17) is 4.74 Å². The predicted molar refractivity (Wildman–Crippen MR) is 50.7 cm³/mol. The lowest BCUT2D eigenvalue weighted by atomic mass is 10.3. The summed E-state index contributed by atoms with van der Waals surface area (Å²) in [4.78, 5) is 13.1. The highest BCUT2D eigenvalue weighted by atomic mass is 79.9.